The van der Waals surface area contributed by atoms with Crippen LogP contribution in [0.5, 0.6) is 0 Å². The van der Waals surface area contributed by atoms with Crippen LogP contribution in [0, 0.1) is 11.8 Å². The monoisotopic (exact) mass is 252 g/mol. The molecular formula is C15H28N2O. The first-order chi connectivity index (χ1) is 8.66. The SMILES string of the molecule is C[C@H](NC(=O)C1CCC(N)C1)C1CCCCCC1. The first kappa shape index (κ1) is 13.9. The Morgan fingerprint density at radius 2 is 1.78 bits per heavy atom. The molecule has 3 atom stereocenters. The quantitative estimate of drug-likeness (QED) is 0.759. The molecule has 2 aliphatic carbocycles. The Labute approximate surface area is 111 Å². The molecule has 0 radical (unpaired) electrons. The van der Waals surface area contributed by atoms with E-state index in [1.165, 1.54) is 38.5 Å². The van der Waals surface area contributed by atoms with Crippen molar-refractivity contribution in [3.05, 3.63) is 0 Å². The maximum atomic E-state index is 12.2. The Kier molecular flexibility index (Phi) is 5.04. The molecule has 18 heavy (non-hydrogen) atoms. The molecular weight excluding hydrogens is 224 g/mol. The number of carbonyl (C=O) groups is 1. The van der Waals surface area contributed by atoms with Crippen molar-refractivity contribution in [1.29, 1.82) is 0 Å². The van der Waals surface area contributed by atoms with Crippen LogP contribution in [0.25, 0.3) is 0 Å². The third kappa shape index (κ3) is 3.71. The Morgan fingerprint density at radius 3 is 2.33 bits per heavy atom. The van der Waals surface area contributed by atoms with Crippen LogP contribution in [0.15, 0.2) is 0 Å². The minimum Gasteiger partial charge on any atom is -0.353 e. The molecule has 0 bridgehead atoms. The summed E-state index contributed by atoms with van der Waals surface area (Å²) in [6.07, 6.45) is 10.8. The lowest BCUT2D eigenvalue weighted by Gasteiger charge is -2.25. The van der Waals surface area contributed by atoms with Crippen LogP contribution in [0.2, 0.25) is 0 Å². The van der Waals surface area contributed by atoms with Crippen molar-refractivity contribution in [2.24, 2.45) is 17.6 Å². The predicted octanol–water partition coefficient (Wildman–Crippen LogP) is 2.59. The van der Waals surface area contributed by atoms with E-state index in [2.05, 4.69) is 12.2 Å². The van der Waals surface area contributed by atoms with Gasteiger partial charge in [0.2, 0.25) is 5.91 Å². The van der Waals surface area contributed by atoms with Crippen molar-refractivity contribution in [3.63, 3.8) is 0 Å². The molecule has 0 aliphatic heterocycles. The molecule has 0 saturated heterocycles. The highest BCUT2D eigenvalue weighted by Gasteiger charge is 2.29. The number of carbonyl (C=O) groups excluding carboxylic acids is 1. The molecule has 1 amide bonds. The number of hydrogen-bond acceptors (Lipinski definition) is 2. The van der Waals surface area contributed by atoms with Gasteiger partial charge in [-0.15, -0.1) is 0 Å². The average Bonchev–Trinajstić information content (AvgIpc) is 2.63. The fraction of sp³-hybridized carbons (Fsp3) is 0.933. The van der Waals surface area contributed by atoms with E-state index in [9.17, 15) is 4.79 Å². The standard InChI is InChI=1S/C15H28N2O/c1-11(12-6-4-2-3-5-7-12)17-15(18)13-8-9-14(16)10-13/h11-14H,2-10,16H2,1H3,(H,17,18)/t11-,13?,14?/m0/s1. The van der Waals surface area contributed by atoms with Crippen molar-refractivity contribution in [3.8, 4) is 0 Å². The Balaban J connectivity index is 1.78. The lowest BCUT2D eigenvalue weighted by atomic mass is 9.92. The van der Waals surface area contributed by atoms with Crippen LogP contribution >= 0.6 is 0 Å². The second-order valence-electron chi connectivity index (χ2n) is 6.32. The lowest BCUT2D eigenvalue weighted by Crippen LogP contribution is -2.41. The molecule has 2 aliphatic rings. The first-order valence-corrected chi connectivity index (χ1v) is 7.72. The van der Waals surface area contributed by atoms with Crippen LogP contribution in [-0.2, 0) is 4.79 Å². The highest BCUT2D eigenvalue weighted by molar-refractivity contribution is 5.79. The summed E-state index contributed by atoms with van der Waals surface area (Å²) < 4.78 is 0. The maximum Gasteiger partial charge on any atom is 0.223 e. The van der Waals surface area contributed by atoms with E-state index in [1.807, 2.05) is 0 Å². The third-order valence-electron chi connectivity index (χ3n) is 4.82. The van der Waals surface area contributed by atoms with Gasteiger partial charge in [-0.2, -0.15) is 0 Å². The summed E-state index contributed by atoms with van der Waals surface area (Å²) in [6.45, 7) is 2.18. The number of hydrogen-bond donors (Lipinski definition) is 2. The molecule has 0 spiro atoms. The molecule has 0 aromatic rings. The summed E-state index contributed by atoms with van der Waals surface area (Å²) in [6, 6.07) is 0.585. The summed E-state index contributed by atoms with van der Waals surface area (Å²) in [5.74, 6) is 1.11. The number of nitrogens with one attached hydrogen (secondary N) is 1. The van der Waals surface area contributed by atoms with Gasteiger partial charge in [0.15, 0.2) is 0 Å². The molecule has 2 unspecified atom stereocenters. The summed E-state index contributed by atoms with van der Waals surface area (Å²) in [5, 5.41) is 3.25. The van der Waals surface area contributed by atoms with Gasteiger partial charge in [-0.25, -0.2) is 0 Å². The van der Waals surface area contributed by atoms with Gasteiger partial charge in [-0.05, 0) is 44.9 Å². The molecule has 0 heterocycles. The van der Waals surface area contributed by atoms with E-state index >= 15 is 0 Å². The lowest BCUT2D eigenvalue weighted by molar-refractivity contribution is -0.125. The van der Waals surface area contributed by atoms with Crippen LogP contribution in [0.3, 0.4) is 0 Å². The molecule has 2 saturated carbocycles. The summed E-state index contributed by atoms with van der Waals surface area (Å²) in [7, 11) is 0. The van der Waals surface area contributed by atoms with E-state index in [0.29, 0.717) is 12.0 Å². The van der Waals surface area contributed by atoms with Crippen molar-refractivity contribution in [1.82, 2.24) is 5.32 Å². The molecule has 2 rings (SSSR count). The minimum atomic E-state index is 0.174. The van der Waals surface area contributed by atoms with E-state index in [0.717, 1.165) is 19.3 Å². The number of amides is 1. The fourth-order valence-corrected chi connectivity index (χ4v) is 3.53. The van der Waals surface area contributed by atoms with E-state index in [-0.39, 0.29) is 17.9 Å². The van der Waals surface area contributed by atoms with Gasteiger partial charge in [-0.1, -0.05) is 25.7 Å². The van der Waals surface area contributed by atoms with Crippen LogP contribution < -0.4 is 11.1 Å². The minimum absolute atomic E-state index is 0.174. The predicted molar refractivity (Wildman–Crippen MR) is 74.1 cm³/mol. The zero-order chi connectivity index (χ0) is 13.0. The highest BCUT2D eigenvalue weighted by atomic mass is 16.1. The van der Waals surface area contributed by atoms with E-state index < -0.39 is 0 Å². The molecule has 0 aromatic carbocycles. The van der Waals surface area contributed by atoms with Gasteiger partial charge in [-0.3, -0.25) is 4.79 Å². The third-order valence-corrected chi connectivity index (χ3v) is 4.82. The molecule has 2 fully saturated rings. The zero-order valence-corrected chi connectivity index (χ0v) is 11.7. The van der Waals surface area contributed by atoms with Crippen LogP contribution in [-0.4, -0.2) is 18.0 Å². The van der Waals surface area contributed by atoms with E-state index in [4.69, 9.17) is 5.73 Å². The van der Waals surface area contributed by atoms with Gasteiger partial charge in [0, 0.05) is 18.0 Å². The smallest absolute Gasteiger partial charge is 0.223 e. The molecule has 104 valence electrons. The maximum absolute atomic E-state index is 12.2. The summed E-state index contributed by atoms with van der Waals surface area (Å²) in [5.41, 5.74) is 5.88. The van der Waals surface area contributed by atoms with Crippen molar-refractivity contribution < 1.29 is 4.79 Å². The first-order valence-electron chi connectivity index (χ1n) is 7.72. The fourth-order valence-electron chi connectivity index (χ4n) is 3.53. The van der Waals surface area contributed by atoms with Gasteiger partial charge in [0.05, 0.1) is 0 Å². The normalized spacial score (nSPS) is 31.9. The Bertz CT molecular complexity index is 272. The average molecular weight is 252 g/mol. The summed E-state index contributed by atoms with van der Waals surface area (Å²) >= 11 is 0. The van der Waals surface area contributed by atoms with Gasteiger partial charge in [0.1, 0.15) is 0 Å². The highest BCUT2D eigenvalue weighted by Crippen LogP contribution is 2.27. The van der Waals surface area contributed by atoms with Crippen LogP contribution in [0.1, 0.15) is 64.7 Å². The van der Waals surface area contributed by atoms with Crippen molar-refractivity contribution in [2.45, 2.75) is 76.8 Å². The number of rotatable bonds is 3. The molecule has 3 N–H and O–H groups in total. The topological polar surface area (TPSA) is 55.1 Å². The summed E-state index contributed by atoms with van der Waals surface area (Å²) in [4.78, 5) is 12.2. The number of nitrogens with two attached hydrogens (primary N) is 1. The largest absolute Gasteiger partial charge is 0.353 e. The van der Waals surface area contributed by atoms with Crippen molar-refractivity contribution >= 4 is 5.91 Å². The van der Waals surface area contributed by atoms with Crippen molar-refractivity contribution in [2.75, 3.05) is 0 Å². The molecule has 3 nitrogen and oxygen atoms in total. The van der Waals surface area contributed by atoms with Gasteiger partial charge >= 0.3 is 0 Å². The Morgan fingerprint density at radius 1 is 1.11 bits per heavy atom. The van der Waals surface area contributed by atoms with Crippen LogP contribution in [0.4, 0.5) is 0 Å². The molecule has 3 heteroatoms. The van der Waals surface area contributed by atoms with Gasteiger partial charge in [0.25, 0.3) is 0 Å². The second-order valence-corrected chi connectivity index (χ2v) is 6.32. The van der Waals surface area contributed by atoms with Gasteiger partial charge < -0.3 is 11.1 Å². The van der Waals surface area contributed by atoms with E-state index in [1.54, 1.807) is 0 Å². The molecule has 0 aromatic heterocycles. The second kappa shape index (κ2) is 6.55. The zero-order valence-electron chi connectivity index (χ0n) is 11.7. The Hall–Kier alpha value is -0.570.